The van der Waals surface area contributed by atoms with Crippen molar-refractivity contribution in [3.05, 3.63) is 60.6 Å². The molecule has 2 fully saturated rings. The van der Waals surface area contributed by atoms with E-state index in [1.807, 2.05) is 24.3 Å². The first-order valence-electron chi connectivity index (χ1n) is 11.1. The maximum atomic E-state index is 6.06. The molecule has 0 amide bonds. The number of hydrogen-bond donors (Lipinski definition) is 2. The van der Waals surface area contributed by atoms with Crippen molar-refractivity contribution in [3.63, 3.8) is 0 Å². The highest BCUT2D eigenvalue weighted by Gasteiger charge is 2.30. The van der Waals surface area contributed by atoms with Gasteiger partial charge >= 0.3 is 0 Å². The van der Waals surface area contributed by atoms with Crippen molar-refractivity contribution in [3.8, 4) is 5.69 Å². The zero-order chi connectivity index (χ0) is 21.5. The zero-order valence-corrected chi connectivity index (χ0v) is 17.7. The third kappa shape index (κ3) is 3.62. The summed E-state index contributed by atoms with van der Waals surface area (Å²) in [6.45, 7) is 3.39. The van der Waals surface area contributed by atoms with Crippen molar-refractivity contribution >= 4 is 34.2 Å². The number of nitrogen functional groups attached to an aromatic ring is 1. The second-order valence-electron chi connectivity index (χ2n) is 8.35. The molecule has 32 heavy (non-hydrogen) atoms. The summed E-state index contributed by atoms with van der Waals surface area (Å²) in [5.41, 5.74) is 11.5. The Morgan fingerprint density at radius 2 is 1.78 bits per heavy atom. The van der Waals surface area contributed by atoms with Crippen molar-refractivity contribution in [2.45, 2.75) is 18.8 Å². The van der Waals surface area contributed by atoms with Crippen LogP contribution in [0.5, 0.6) is 0 Å². The molecule has 3 heterocycles. The fourth-order valence-electron chi connectivity index (χ4n) is 4.19. The van der Waals surface area contributed by atoms with Gasteiger partial charge in [0.1, 0.15) is 11.3 Å². The summed E-state index contributed by atoms with van der Waals surface area (Å²) in [7, 11) is 0. The number of rotatable bonds is 5. The predicted octanol–water partition coefficient (Wildman–Crippen LogP) is 3.86. The van der Waals surface area contributed by atoms with Gasteiger partial charge in [-0.25, -0.2) is 9.97 Å². The molecular weight excluding hydrogens is 402 g/mol. The molecule has 2 aromatic heterocycles. The molecule has 1 aliphatic heterocycles. The lowest BCUT2D eigenvalue weighted by Gasteiger charge is -2.28. The van der Waals surface area contributed by atoms with Gasteiger partial charge in [-0.05, 0) is 55.3 Å². The molecule has 0 atom stereocenters. The molecule has 2 aliphatic rings. The summed E-state index contributed by atoms with van der Waals surface area (Å²) < 4.78 is 7.57. The topological polar surface area (TPSA) is 94.1 Å². The van der Waals surface area contributed by atoms with Crippen LogP contribution in [-0.2, 0) is 4.74 Å². The maximum Gasteiger partial charge on any atom is 0.229 e. The number of nitrogens with zero attached hydrogens (tertiary/aromatic N) is 5. The second kappa shape index (κ2) is 7.80. The first-order chi connectivity index (χ1) is 15.7. The SMILES string of the molecule is Nc1cccc(-n2c(C3CC3)nc3cnc(Nc4ccc(N5CCOCC5)cc4)nc32)c1. The molecule has 2 aromatic carbocycles. The summed E-state index contributed by atoms with van der Waals surface area (Å²) in [6, 6.07) is 16.2. The van der Waals surface area contributed by atoms with Crippen molar-refractivity contribution in [2.75, 3.05) is 42.3 Å². The van der Waals surface area contributed by atoms with Crippen LogP contribution in [0.25, 0.3) is 16.9 Å². The largest absolute Gasteiger partial charge is 0.399 e. The molecule has 8 nitrogen and oxygen atoms in total. The molecule has 4 aromatic rings. The summed E-state index contributed by atoms with van der Waals surface area (Å²) in [6.07, 6.45) is 4.10. The molecular formula is C24H25N7O. The number of ether oxygens (including phenoxy) is 1. The molecule has 0 spiro atoms. The minimum absolute atomic E-state index is 0.467. The first kappa shape index (κ1) is 19.1. The van der Waals surface area contributed by atoms with E-state index in [1.54, 1.807) is 6.20 Å². The van der Waals surface area contributed by atoms with E-state index in [-0.39, 0.29) is 0 Å². The third-order valence-corrected chi connectivity index (χ3v) is 6.00. The highest BCUT2D eigenvalue weighted by molar-refractivity contribution is 5.76. The number of nitrogens with two attached hydrogens (primary N) is 1. The van der Waals surface area contributed by atoms with Crippen molar-refractivity contribution in [2.24, 2.45) is 0 Å². The second-order valence-corrected chi connectivity index (χ2v) is 8.35. The molecule has 162 valence electrons. The molecule has 1 aliphatic carbocycles. The average molecular weight is 428 g/mol. The molecule has 3 N–H and O–H groups in total. The van der Waals surface area contributed by atoms with Crippen LogP contribution in [0.15, 0.2) is 54.7 Å². The predicted molar refractivity (Wildman–Crippen MR) is 126 cm³/mol. The van der Waals surface area contributed by atoms with Gasteiger partial charge < -0.3 is 20.7 Å². The van der Waals surface area contributed by atoms with Crippen LogP contribution in [0.1, 0.15) is 24.6 Å². The lowest BCUT2D eigenvalue weighted by molar-refractivity contribution is 0.122. The Balaban J connectivity index is 1.32. The Morgan fingerprint density at radius 1 is 0.969 bits per heavy atom. The minimum atomic E-state index is 0.467. The van der Waals surface area contributed by atoms with E-state index in [0.717, 1.165) is 73.2 Å². The third-order valence-electron chi connectivity index (χ3n) is 6.00. The van der Waals surface area contributed by atoms with E-state index in [2.05, 4.69) is 44.0 Å². The summed E-state index contributed by atoms with van der Waals surface area (Å²) >= 11 is 0. The fraction of sp³-hybridized carbons (Fsp3) is 0.292. The fourth-order valence-corrected chi connectivity index (χ4v) is 4.19. The average Bonchev–Trinajstić information content (AvgIpc) is 3.60. The van der Waals surface area contributed by atoms with Gasteiger partial charge in [-0.15, -0.1) is 0 Å². The number of hydrogen-bond acceptors (Lipinski definition) is 7. The standard InChI is InChI=1S/C24H25N7O/c25-17-2-1-3-20(14-17)31-22(16-4-5-16)28-21-15-26-24(29-23(21)31)27-18-6-8-19(9-7-18)30-10-12-32-13-11-30/h1-3,6-9,14-16H,4-5,10-13,25H2,(H,26,27,29). The van der Waals surface area contributed by atoms with Crippen LogP contribution in [0, 0.1) is 0 Å². The van der Waals surface area contributed by atoms with Gasteiger partial charge in [-0.2, -0.15) is 4.98 Å². The van der Waals surface area contributed by atoms with Gasteiger partial charge in [0.15, 0.2) is 5.65 Å². The number of nitrogens with one attached hydrogen (secondary N) is 1. The van der Waals surface area contributed by atoms with E-state index < -0.39 is 0 Å². The monoisotopic (exact) mass is 427 g/mol. The van der Waals surface area contributed by atoms with Gasteiger partial charge in [0.25, 0.3) is 0 Å². The van der Waals surface area contributed by atoms with Gasteiger partial charge in [0, 0.05) is 36.1 Å². The van der Waals surface area contributed by atoms with E-state index in [1.165, 1.54) is 5.69 Å². The van der Waals surface area contributed by atoms with Gasteiger partial charge in [0.2, 0.25) is 5.95 Å². The lowest BCUT2D eigenvalue weighted by Crippen LogP contribution is -2.36. The summed E-state index contributed by atoms with van der Waals surface area (Å²) in [5, 5.41) is 3.34. The molecule has 0 bridgehead atoms. The van der Waals surface area contributed by atoms with E-state index >= 15 is 0 Å². The molecule has 6 rings (SSSR count). The Bertz CT molecular complexity index is 1260. The molecule has 0 unspecified atom stereocenters. The number of fused-ring (bicyclic) bond motifs is 1. The molecule has 0 radical (unpaired) electrons. The van der Waals surface area contributed by atoms with Crippen molar-refractivity contribution in [1.29, 1.82) is 0 Å². The summed E-state index contributed by atoms with van der Waals surface area (Å²) in [4.78, 5) is 16.5. The van der Waals surface area contributed by atoms with Gasteiger partial charge in [0.05, 0.1) is 25.1 Å². The van der Waals surface area contributed by atoms with Crippen LogP contribution in [0.3, 0.4) is 0 Å². The highest BCUT2D eigenvalue weighted by Crippen LogP contribution is 2.41. The maximum absolute atomic E-state index is 6.06. The molecule has 1 saturated carbocycles. The molecule has 8 heteroatoms. The Hall–Kier alpha value is -3.65. The Kier molecular flexibility index (Phi) is 4.65. The minimum Gasteiger partial charge on any atom is -0.399 e. The van der Waals surface area contributed by atoms with E-state index in [4.69, 9.17) is 20.4 Å². The van der Waals surface area contributed by atoms with E-state index in [0.29, 0.717) is 11.9 Å². The van der Waals surface area contributed by atoms with Crippen LogP contribution < -0.4 is 16.0 Å². The lowest BCUT2D eigenvalue weighted by atomic mass is 10.2. The quantitative estimate of drug-likeness (QED) is 0.467. The summed E-state index contributed by atoms with van der Waals surface area (Å²) in [5.74, 6) is 2.05. The highest BCUT2D eigenvalue weighted by atomic mass is 16.5. The van der Waals surface area contributed by atoms with Crippen molar-refractivity contribution < 1.29 is 4.74 Å². The van der Waals surface area contributed by atoms with E-state index in [9.17, 15) is 0 Å². The van der Waals surface area contributed by atoms with Crippen LogP contribution >= 0.6 is 0 Å². The van der Waals surface area contributed by atoms with Crippen LogP contribution in [0.4, 0.5) is 23.0 Å². The van der Waals surface area contributed by atoms with Crippen molar-refractivity contribution in [1.82, 2.24) is 19.5 Å². The Morgan fingerprint density at radius 3 is 2.53 bits per heavy atom. The normalized spacial score (nSPS) is 16.4. The van der Waals surface area contributed by atoms with Crippen LogP contribution in [0.2, 0.25) is 0 Å². The number of anilines is 4. The molecule has 1 saturated heterocycles. The number of morpholine rings is 1. The number of benzene rings is 2. The number of aromatic nitrogens is 4. The van der Waals surface area contributed by atoms with Gasteiger partial charge in [-0.3, -0.25) is 4.57 Å². The smallest absolute Gasteiger partial charge is 0.229 e. The van der Waals surface area contributed by atoms with Gasteiger partial charge in [-0.1, -0.05) is 6.07 Å². The van der Waals surface area contributed by atoms with Crippen LogP contribution in [-0.4, -0.2) is 45.8 Å². The first-order valence-corrected chi connectivity index (χ1v) is 11.1. The Labute approximate surface area is 186 Å². The number of imidazole rings is 1. The zero-order valence-electron chi connectivity index (χ0n) is 17.7.